The maximum atomic E-state index is 6.49. The smallest absolute Gasteiger partial charge is 0.0468 e. The van der Waals surface area contributed by atoms with Crippen molar-refractivity contribution in [1.82, 2.24) is 4.90 Å². The molecule has 22 heavy (non-hydrogen) atoms. The Morgan fingerprint density at radius 2 is 1.82 bits per heavy atom. The molecule has 1 fully saturated rings. The average molecular weight is 333 g/mol. The number of nitrogens with two attached hydrogens (primary N) is 1. The van der Waals surface area contributed by atoms with Crippen molar-refractivity contribution in [2.75, 3.05) is 12.3 Å². The van der Waals surface area contributed by atoms with Gasteiger partial charge in [0.15, 0.2) is 0 Å². The molecule has 4 rings (SSSR count). The zero-order valence-electron chi connectivity index (χ0n) is 12.2. The Bertz CT molecular complexity index is 725. The van der Waals surface area contributed by atoms with Gasteiger partial charge in [-0.3, -0.25) is 4.90 Å². The summed E-state index contributed by atoms with van der Waals surface area (Å²) in [6.07, 6.45) is 2.58. The van der Waals surface area contributed by atoms with Crippen LogP contribution in [0.5, 0.6) is 0 Å². The average Bonchev–Trinajstić information content (AvgIpc) is 3.32. The van der Waals surface area contributed by atoms with Crippen molar-refractivity contribution in [3.8, 4) is 0 Å². The van der Waals surface area contributed by atoms with Crippen molar-refractivity contribution < 1.29 is 0 Å². The number of para-hydroxylation sites is 1. The minimum absolute atomic E-state index is 0.238. The molecule has 0 aromatic heterocycles. The number of rotatable bonds is 2. The lowest BCUT2D eigenvalue weighted by atomic mass is 9.83. The molecule has 2 aliphatic rings. The van der Waals surface area contributed by atoms with Crippen LogP contribution in [0.2, 0.25) is 10.0 Å². The molecule has 114 valence electrons. The molecule has 1 atom stereocenters. The third kappa shape index (κ3) is 2.50. The molecule has 0 amide bonds. The second kappa shape index (κ2) is 5.45. The summed E-state index contributed by atoms with van der Waals surface area (Å²) in [5.41, 5.74) is 10.7. The number of nitrogens with zero attached hydrogens (tertiary/aromatic N) is 1. The summed E-state index contributed by atoms with van der Waals surface area (Å²) >= 11 is 12.7. The Morgan fingerprint density at radius 3 is 2.55 bits per heavy atom. The standard InChI is InChI=1S/C18H18Cl2N2/c19-11-7-14-15(13-3-1-2-4-18(13)21)9-22(12-5-6-12)10-16(14)17(20)8-11/h1-4,7-8,12,15H,5-6,9-10,21H2/t15-/m1/s1. The summed E-state index contributed by atoms with van der Waals surface area (Å²) in [6.45, 7) is 1.90. The fourth-order valence-electron chi connectivity index (χ4n) is 3.51. The van der Waals surface area contributed by atoms with Crippen LogP contribution in [-0.2, 0) is 6.54 Å². The summed E-state index contributed by atoms with van der Waals surface area (Å²) in [6, 6.07) is 12.7. The van der Waals surface area contributed by atoms with Crippen LogP contribution in [0.3, 0.4) is 0 Å². The first-order valence-corrected chi connectivity index (χ1v) is 8.45. The van der Waals surface area contributed by atoms with Crippen molar-refractivity contribution in [2.45, 2.75) is 31.3 Å². The molecular weight excluding hydrogens is 315 g/mol. The van der Waals surface area contributed by atoms with Gasteiger partial charge >= 0.3 is 0 Å². The molecule has 2 nitrogen and oxygen atoms in total. The highest BCUT2D eigenvalue weighted by Crippen LogP contribution is 2.43. The Kier molecular flexibility index (Phi) is 3.56. The minimum Gasteiger partial charge on any atom is -0.398 e. The molecule has 2 aromatic rings. The van der Waals surface area contributed by atoms with Crippen LogP contribution in [0.25, 0.3) is 0 Å². The molecule has 0 spiro atoms. The van der Waals surface area contributed by atoms with Gasteiger partial charge in [0.25, 0.3) is 0 Å². The topological polar surface area (TPSA) is 29.3 Å². The Hall–Kier alpha value is -1.22. The first-order valence-electron chi connectivity index (χ1n) is 7.69. The molecule has 2 N–H and O–H groups in total. The molecule has 2 aromatic carbocycles. The highest BCUT2D eigenvalue weighted by molar-refractivity contribution is 6.35. The molecular formula is C18H18Cl2N2. The molecule has 0 radical (unpaired) electrons. The number of anilines is 1. The lowest BCUT2D eigenvalue weighted by Gasteiger charge is -2.36. The van der Waals surface area contributed by atoms with Crippen LogP contribution in [-0.4, -0.2) is 17.5 Å². The van der Waals surface area contributed by atoms with E-state index in [2.05, 4.69) is 17.0 Å². The molecule has 1 aliphatic carbocycles. The van der Waals surface area contributed by atoms with E-state index in [1.165, 1.54) is 29.5 Å². The van der Waals surface area contributed by atoms with E-state index < -0.39 is 0 Å². The highest BCUT2D eigenvalue weighted by Gasteiger charge is 2.36. The van der Waals surface area contributed by atoms with Gasteiger partial charge in [-0.05, 0) is 47.7 Å². The molecule has 1 saturated carbocycles. The van der Waals surface area contributed by atoms with E-state index >= 15 is 0 Å². The van der Waals surface area contributed by atoms with Crippen molar-refractivity contribution in [1.29, 1.82) is 0 Å². The second-order valence-corrected chi connectivity index (χ2v) is 7.14. The van der Waals surface area contributed by atoms with Gasteiger partial charge in [0.2, 0.25) is 0 Å². The molecule has 0 unspecified atom stereocenters. The van der Waals surface area contributed by atoms with Crippen LogP contribution in [0.1, 0.15) is 35.4 Å². The van der Waals surface area contributed by atoms with Gasteiger partial charge in [-0.15, -0.1) is 0 Å². The largest absolute Gasteiger partial charge is 0.398 e. The fraction of sp³-hybridized carbons (Fsp3) is 0.333. The lowest BCUT2D eigenvalue weighted by Crippen LogP contribution is -2.36. The van der Waals surface area contributed by atoms with Crippen molar-refractivity contribution in [2.24, 2.45) is 0 Å². The quantitative estimate of drug-likeness (QED) is 0.808. The number of hydrogen-bond donors (Lipinski definition) is 1. The van der Waals surface area contributed by atoms with E-state index in [0.717, 1.165) is 23.8 Å². The number of nitrogen functional groups attached to an aromatic ring is 1. The van der Waals surface area contributed by atoms with Crippen molar-refractivity contribution >= 4 is 28.9 Å². The Labute approximate surface area is 140 Å². The van der Waals surface area contributed by atoms with Crippen LogP contribution < -0.4 is 5.73 Å². The van der Waals surface area contributed by atoms with Crippen LogP contribution >= 0.6 is 23.2 Å². The summed E-state index contributed by atoms with van der Waals surface area (Å²) in [7, 11) is 0. The van der Waals surface area contributed by atoms with E-state index in [9.17, 15) is 0 Å². The monoisotopic (exact) mass is 332 g/mol. The minimum atomic E-state index is 0.238. The maximum Gasteiger partial charge on any atom is 0.0468 e. The fourth-order valence-corrected chi connectivity index (χ4v) is 4.08. The molecule has 0 saturated heterocycles. The number of halogens is 2. The zero-order valence-corrected chi connectivity index (χ0v) is 13.7. The van der Waals surface area contributed by atoms with E-state index in [1.807, 2.05) is 24.3 Å². The predicted octanol–water partition coefficient (Wildman–Crippen LogP) is 4.69. The number of benzene rings is 2. The van der Waals surface area contributed by atoms with E-state index in [0.29, 0.717) is 11.1 Å². The first kappa shape index (κ1) is 14.4. The summed E-state index contributed by atoms with van der Waals surface area (Å²) < 4.78 is 0. The van der Waals surface area contributed by atoms with Gasteiger partial charge in [0, 0.05) is 40.8 Å². The number of fused-ring (bicyclic) bond motifs is 1. The lowest BCUT2D eigenvalue weighted by molar-refractivity contribution is 0.230. The van der Waals surface area contributed by atoms with E-state index in [4.69, 9.17) is 28.9 Å². The van der Waals surface area contributed by atoms with Gasteiger partial charge in [-0.1, -0.05) is 41.4 Å². The maximum absolute atomic E-state index is 6.49. The third-order valence-corrected chi connectivity index (χ3v) is 5.34. The highest BCUT2D eigenvalue weighted by atomic mass is 35.5. The Balaban J connectivity index is 1.85. The summed E-state index contributed by atoms with van der Waals surface area (Å²) in [4.78, 5) is 2.54. The van der Waals surface area contributed by atoms with Gasteiger partial charge in [0.05, 0.1) is 0 Å². The molecule has 0 bridgehead atoms. The van der Waals surface area contributed by atoms with E-state index in [-0.39, 0.29) is 5.92 Å². The molecule has 1 heterocycles. The second-order valence-electron chi connectivity index (χ2n) is 6.30. The Morgan fingerprint density at radius 1 is 1.05 bits per heavy atom. The van der Waals surface area contributed by atoms with Gasteiger partial charge in [-0.2, -0.15) is 0 Å². The third-order valence-electron chi connectivity index (χ3n) is 4.78. The predicted molar refractivity (Wildman–Crippen MR) is 92.6 cm³/mol. The molecule has 4 heteroatoms. The summed E-state index contributed by atoms with van der Waals surface area (Å²) in [5.74, 6) is 0.238. The zero-order chi connectivity index (χ0) is 15.3. The van der Waals surface area contributed by atoms with E-state index in [1.54, 1.807) is 0 Å². The first-order chi connectivity index (χ1) is 10.6. The summed E-state index contributed by atoms with van der Waals surface area (Å²) in [5, 5.41) is 1.47. The SMILES string of the molecule is Nc1ccccc1[C@H]1CN(C2CC2)Cc2c(Cl)cc(Cl)cc21. The van der Waals surface area contributed by atoms with Gasteiger partial charge in [0.1, 0.15) is 0 Å². The van der Waals surface area contributed by atoms with Crippen LogP contribution in [0.4, 0.5) is 5.69 Å². The van der Waals surface area contributed by atoms with Gasteiger partial charge in [-0.25, -0.2) is 0 Å². The molecule has 1 aliphatic heterocycles. The van der Waals surface area contributed by atoms with Crippen LogP contribution in [0.15, 0.2) is 36.4 Å². The number of hydrogen-bond acceptors (Lipinski definition) is 2. The van der Waals surface area contributed by atoms with Crippen molar-refractivity contribution in [3.05, 3.63) is 63.1 Å². The normalized spacial score (nSPS) is 21.6. The van der Waals surface area contributed by atoms with Crippen molar-refractivity contribution in [3.63, 3.8) is 0 Å². The van der Waals surface area contributed by atoms with Gasteiger partial charge < -0.3 is 5.73 Å². The van der Waals surface area contributed by atoms with Crippen LogP contribution in [0, 0.1) is 0 Å².